The number of hydrogen-bond acceptors (Lipinski definition) is 4. The maximum atomic E-state index is 12.6. The Bertz CT molecular complexity index is 529. The van der Waals surface area contributed by atoms with E-state index < -0.39 is 0 Å². The van der Waals surface area contributed by atoms with Gasteiger partial charge >= 0.3 is 6.03 Å². The van der Waals surface area contributed by atoms with Gasteiger partial charge in [-0.25, -0.2) is 4.79 Å². The molecule has 0 saturated carbocycles. The summed E-state index contributed by atoms with van der Waals surface area (Å²) in [7, 11) is 0. The average Bonchev–Trinajstić information content (AvgIpc) is 3.01. The Kier molecular flexibility index (Phi) is 5.68. The standard InChI is InChI=1S/C18H28N4O2/c1-14-11-21(12-15(2)24-14)13-17-4-3-9-22(17)18(23)20-10-16-5-7-19-8-6-16/h5-8,14-15,17H,3-4,9-13H2,1-2H3,(H,20,23). The van der Waals surface area contributed by atoms with E-state index in [0.29, 0.717) is 12.6 Å². The van der Waals surface area contributed by atoms with E-state index in [1.54, 1.807) is 12.4 Å². The van der Waals surface area contributed by atoms with Crippen molar-refractivity contribution in [1.29, 1.82) is 0 Å². The molecule has 2 saturated heterocycles. The van der Waals surface area contributed by atoms with Crippen molar-refractivity contribution in [1.82, 2.24) is 20.1 Å². The number of nitrogens with one attached hydrogen (secondary N) is 1. The van der Waals surface area contributed by atoms with Gasteiger partial charge in [-0.15, -0.1) is 0 Å². The summed E-state index contributed by atoms with van der Waals surface area (Å²) in [6.45, 7) is 8.49. The van der Waals surface area contributed by atoms with Crippen molar-refractivity contribution in [3.8, 4) is 0 Å². The van der Waals surface area contributed by atoms with Crippen molar-refractivity contribution in [3.05, 3.63) is 30.1 Å². The molecule has 1 N–H and O–H groups in total. The van der Waals surface area contributed by atoms with E-state index in [4.69, 9.17) is 4.74 Å². The third kappa shape index (κ3) is 4.45. The van der Waals surface area contributed by atoms with Crippen molar-refractivity contribution >= 4 is 6.03 Å². The van der Waals surface area contributed by atoms with Crippen LogP contribution in [0.15, 0.2) is 24.5 Å². The van der Waals surface area contributed by atoms with E-state index in [-0.39, 0.29) is 18.2 Å². The summed E-state index contributed by atoms with van der Waals surface area (Å²) in [5, 5.41) is 3.04. The predicted molar refractivity (Wildman–Crippen MR) is 92.6 cm³/mol. The number of morpholine rings is 1. The maximum absolute atomic E-state index is 12.6. The highest BCUT2D eigenvalue weighted by molar-refractivity contribution is 5.74. The lowest BCUT2D eigenvalue weighted by atomic mass is 10.1. The molecule has 0 spiro atoms. The molecule has 3 rings (SSSR count). The fraction of sp³-hybridized carbons (Fsp3) is 0.667. The molecule has 24 heavy (non-hydrogen) atoms. The molecule has 1 aromatic rings. The highest BCUT2D eigenvalue weighted by atomic mass is 16.5. The van der Waals surface area contributed by atoms with Crippen LogP contribution in [-0.4, -0.2) is 65.2 Å². The van der Waals surface area contributed by atoms with Crippen molar-refractivity contribution in [3.63, 3.8) is 0 Å². The fourth-order valence-corrected chi connectivity index (χ4v) is 3.80. The minimum Gasteiger partial charge on any atom is -0.373 e. The number of carbonyl (C=O) groups is 1. The zero-order chi connectivity index (χ0) is 16.9. The molecule has 3 unspecified atom stereocenters. The molecular weight excluding hydrogens is 304 g/mol. The van der Waals surface area contributed by atoms with E-state index in [0.717, 1.165) is 44.6 Å². The average molecular weight is 332 g/mol. The number of ether oxygens (including phenoxy) is 1. The van der Waals surface area contributed by atoms with Crippen LogP contribution in [0.5, 0.6) is 0 Å². The summed E-state index contributed by atoms with van der Waals surface area (Å²) in [5.74, 6) is 0. The lowest BCUT2D eigenvalue weighted by Crippen LogP contribution is -2.52. The summed E-state index contributed by atoms with van der Waals surface area (Å²) >= 11 is 0. The Morgan fingerprint density at radius 3 is 2.71 bits per heavy atom. The lowest BCUT2D eigenvalue weighted by molar-refractivity contribution is -0.0713. The van der Waals surface area contributed by atoms with Gasteiger partial charge in [0.1, 0.15) is 0 Å². The van der Waals surface area contributed by atoms with E-state index >= 15 is 0 Å². The number of amides is 2. The lowest BCUT2D eigenvalue weighted by Gasteiger charge is -2.38. The van der Waals surface area contributed by atoms with Gasteiger partial charge in [0.25, 0.3) is 0 Å². The summed E-state index contributed by atoms with van der Waals surface area (Å²) < 4.78 is 5.80. The second-order valence-electron chi connectivity index (χ2n) is 6.98. The number of hydrogen-bond donors (Lipinski definition) is 1. The van der Waals surface area contributed by atoms with Crippen LogP contribution in [-0.2, 0) is 11.3 Å². The largest absolute Gasteiger partial charge is 0.373 e. The van der Waals surface area contributed by atoms with E-state index in [9.17, 15) is 4.79 Å². The van der Waals surface area contributed by atoms with Crippen LogP contribution in [0.1, 0.15) is 32.3 Å². The van der Waals surface area contributed by atoms with E-state index in [2.05, 4.69) is 29.0 Å². The number of nitrogens with zero attached hydrogens (tertiary/aromatic N) is 3. The first-order valence-electron chi connectivity index (χ1n) is 8.93. The highest BCUT2D eigenvalue weighted by Gasteiger charge is 2.32. The van der Waals surface area contributed by atoms with Crippen LogP contribution in [0.4, 0.5) is 4.79 Å². The second-order valence-corrected chi connectivity index (χ2v) is 6.98. The zero-order valence-corrected chi connectivity index (χ0v) is 14.6. The van der Waals surface area contributed by atoms with Crippen LogP contribution in [0.25, 0.3) is 0 Å². The molecule has 132 valence electrons. The monoisotopic (exact) mass is 332 g/mol. The Morgan fingerprint density at radius 2 is 2.00 bits per heavy atom. The molecule has 0 aliphatic carbocycles. The topological polar surface area (TPSA) is 57.7 Å². The van der Waals surface area contributed by atoms with Gasteiger partial charge in [-0.3, -0.25) is 9.88 Å². The normalized spacial score (nSPS) is 28.1. The Morgan fingerprint density at radius 1 is 1.29 bits per heavy atom. The Labute approximate surface area is 144 Å². The molecule has 0 aromatic carbocycles. The molecular formula is C18H28N4O2. The van der Waals surface area contributed by atoms with Crippen LogP contribution in [0, 0.1) is 0 Å². The van der Waals surface area contributed by atoms with Gasteiger partial charge in [-0.05, 0) is 44.4 Å². The minimum atomic E-state index is 0.0451. The smallest absolute Gasteiger partial charge is 0.317 e. The minimum absolute atomic E-state index is 0.0451. The van der Waals surface area contributed by atoms with Crippen molar-refractivity contribution < 1.29 is 9.53 Å². The van der Waals surface area contributed by atoms with E-state index in [1.165, 1.54) is 0 Å². The first-order valence-corrected chi connectivity index (χ1v) is 8.93. The summed E-state index contributed by atoms with van der Waals surface area (Å²) in [6.07, 6.45) is 6.21. The Balaban J connectivity index is 1.52. The molecule has 1 aromatic heterocycles. The van der Waals surface area contributed by atoms with Gasteiger partial charge in [0, 0.05) is 51.2 Å². The van der Waals surface area contributed by atoms with Crippen molar-refractivity contribution in [2.24, 2.45) is 0 Å². The molecule has 0 radical (unpaired) electrons. The molecule has 2 aliphatic heterocycles. The summed E-state index contributed by atoms with van der Waals surface area (Å²) in [6, 6.07) is 4.21. The number of pyridine rings is 1. The summed E-state index contributed by atoms with van der Waals surface area (Å²) in [5.41, 5.74) is 1.07. The molecule has 6 nitrogen and oxygen atoms in total. The zero-order valence-electron chi connectivity index (χ0n) is 14.6. The molecule has 3 atom stereocenters. The van der Waals surface area contributed by atoms with Crippen molar-refractivity contribution in [2.75, 3.05) is 26.2 Å². The molecule has 0 bridgehead atoms. The van der Waals surface area contributed by atoms with Crippen LogP contribution in [0.2, 0.25) is 0 Å². The van der Waals surface area contributed by atoms with Crippen LogP contribution in [0.3, 0.4) is 0 Å². The first-order chi connectivity index (χ1) is 11.6. The van der Waals surface area contributed by atoms with Gasteiger partial charge in [0.2, 0.25) is 0 Å². The number of rotatable bonds is 4. The second kappa shape index (κ2) is 7.94. The third-order valence-electron chi connectivity index (χ3n) is 4.80. The maximum Gasteiger partial charge on any atom is 0.317 e. The fourth-order valence-electron chi connectivity index (χ4n) is 3.80. The van der Waals surface area contributed by atoms with Gasteiger partial charge in [-0.2, -0.15) is 0 Å². The predicted octanol–water partition coefficient (Wildman–Crippen LogP) is 1.86. The molecule has 2 amide bonds. The van der Waals surface area contributed by atoms with Gasteiger partial charge in [-0.1, -0.05) is 0 Å². The summed E-state index contributed by atoms with van der Waals surface area (Å²) in [4.78, 5) is 21.0. The number of urea groups is 1. The van der Waals surface area contributed by atoms with Crippen molar-refractivity contribution in [2.45, 2.75) is 51.5 Å². The molecule has 3 heterocycles. The first kappa shape index (κ1) is 17.2. The van der Waals surface area contributed by atoms with Crippen LogP contribution >= 0.6 is 0 Å². The van der Waals surface area contributed by atoms with Gasteiger partial charge in [0.05, 0.1) is 12.2 Å². The highest BCUT2D eigenvalue weighted by Crippen LogP contribution is 2.20. The van der Waals surface area contributed by atoms with E-state index in [1.807, 2.05) is 17.0 Å². The molecule has 2 aliphatic rings. The third-order valence-corrected chi connectivity index (χ3v) is 4.80. The number of likely N-dealkylation sites (tertiary alicyclic amines) is 1. The van der Waals surface area contributed by atoms with Gasteiger partial charge < -0.3 is 15.0 Å². The Hall–Kier alpha value is -1.66. The number of aromatic nitrogens is 1. The molecule has 6 heteroatoms. The SMILES string of the molecule is CC1CN(CC2CCCN2C(=O)NCc2ccncc2)CC(C)O1. The van der Waals surface area contributed by atoms with Gasteiger partial charge in [0.15, 0.2) is 0 Å². The quantitative estimate of drug-likeness (QED) is 0.914. The molecule has 2 fully saturated rings. The number of carbonyl (C=O) groups excluding carboxylic acids is 1. The van der Waals surface area contributed by atoms with Crippen LogP contribution < -0.4 is 5.32 Å².